The number of rotatable bonds is 1. The van der Waals surface area contributed by atoms with Crippen LogP contribution in [-0.2, 0) is 0 Å². The van der Waals surface area contributed by atoms with Crippen LogP contribution in [0.4, 0.5) is 5.69 Å². The fraction of sp³-hybridized carbons (Fsp3) is 0.250. The van der Waals surface area contributed by atoms with Crippen LogP contribution in [0, 0.1) is 13.8 Å². The predicted octanol–water partition coefficient (Wildman–Crippen LogP) is 4.74. The topological polar surface area (TPSA) is 3.24 Å². The molecule has 18 heavy (non-hydrogen) atoms. The molecule has 92 valence electrons. The minimum atomic E-state index is 1.31. The van der Waals surface area contributed by atoms with E-state index in [0.29, 0.717) is 0 Å². The third kappa shape index (κ3) is 1.68. The zero-order valence-corrected chi connectivity index (χ0v) is 12.1. The fourth-order valence-corrected chi connectivity index (χ4v) is 3.79. The van der Waals surface area contributed by atoms with Crippen LogP contribution in [0.5, 0.6) is 0 Å². The third-order valence-electron chi connectivity index (χ3n) is 3.43. The highest BCUT2D eigenvalue weighted by Crippen LogP contribution is 2.37. The molecule has 1 nitrogen and oxygen atoms in total. The molecule has 0 aliphatic rings. The van der Waals surface area contributed by atoms with Crippen molar-refractivity contribution in [1.82, 2.24) is 0 Å². The van der Waals surface area contributed by atoms with Crippen molar-refractivity contribution in [2.24, 2.45) is 0 Å². The Morgan fingerprint density at radius 1 is 0.889 bits per heavy atom. The smallest absolute Gasteiger partial charge is 0.0397 e. The first-order chi connectivity index (χ1) is 8.56. The number of anilines is 1. The van der Waals surface area contributed by atoms with E-state index >= 15 is 0 Å². The molecular weight excluding hydrogens is 238 g/mol. The van der Waals surface area contributed by atoms with Crippen LogP contribution in [0.2, 0.25) is 0 Å². The monoisotopic (exact) mass is 255 g/mol. The number of fused-ring (bicyclic) bond motifs is 3. The van der Waals surface area contributed by atoms with Crippen LogP contribution < -0.4 is 4.90 Å². The highest BCUT2D eigenvalue weighted by Gasteiger charge is 2.09. The number of nitrogens with zero attached hydrogens (tertiary/aromatic N) is 1. The first-order valence-electron chi connectivity index (χ1n) is 6.17. The molecule has 0 bridgehead atoms. The Bertz CT molecular complexity index is 738. The van der Waals surface area contributed by atoms with E-state index in [4.69, 9.17) is 0 Å². The highest BCUT2D eigenvalue weighted by molar-refractivity contribution is 7.25. The van der Waals surface area contributed by atoms with Crippen molar-refractivity contribution >= 4 is 37.2 Å². The van der Waals surface area contributed by atoms with Gasteiger partial charge in [-0.3, -0.25) is 0 Å². The Kier molecular flexibility index (Phi) is 2.56. The van der Waals surface area contributed by atoms with Gasteiger partial charge in [0.1, 0.15) is 0 Å². The van der Waals surface area contributed by atoms with Crippen LogP contribution in [0.25, 0.3) is 20.2 Å². The van der Waals surface area contributed by atoms with E-state index in [1.807, 2.05) is 11.3 Å². The molecule has 3 aromatic rings. The summed E-state index contributed by atoms with van der Waals surface area (Å²) >= 11 is 1.89. The van der Waals surface area contributed by atoms with Crippen molar-refractivity contribution in [3.05, 3.63) is 41.5 Å². The molecule has 0 N–H and O–H groups in total. The molecule has 0 atom stereocenters. The molecule has 0 aliphatic heterocycles. The maximum absolute atomic E-state index is 2.32. The van der Waals surface area contributed by atoms with Gasteiger partial charge < -0.3 is 4.90 Å². The third-order valence-corrected chi connectivity index (χ3v) is 4.54. The van der Waals surface area contributed by atoms with Gasteiger partial charge in [0.05, 0.1) is 0 Å². The number of hydrogen-bond acceptors (Lipinski definition) is 2. The fourth-order valence-electron chi connectivity index (χ4n) is 2.50. The molecule has 1 aromatic heterocycles. The number of aryl methyl sites for hydroxylation is 2. The first kappa shape index (κ1) is 11.5. The largest absolute Gasteiger partial charge is 0.377 e. The van der Waals surface area contributed by atoms with Gasteiger partial charge in [-0.1, -0.05) is 12.1 Å². The normalized spacial score (nSPS) is 11.3. The average Bonchev–Trinajstić information content (AvgIpc) is 2.63. The van der Waals surface area contributed by atoms with E-state index in [1.165, 1.54) is 37.0 Å². The van der Waals surface area contributed by atoms with Gasteiger partial charge in [0.15, 0.2) is 0 Å². The zero-order valence-electron chi connectivity index (χ0n) is 11.2. The number of thiophene rings is 1. The summed E-state index contributed by atoms with van der Waals surface area (Å²) in [6, 6.07) is 11.4. The van der Waals surface area contributed by atoms with Gasteiger partial charge in [-0.05, 0) is 43.2 Å². The van der Waals surface area contributed by atoms with Crippen LogP contribution in [0.3, 0.4) is 0 Å². The summed E-state index contributed by atoms with van der Waals surface area (Å²) in [5, 5.41) is 2.76. The van der Waals surface area contributed by atoms with E-state index in [2.05, 4.69) is 63.2 Å². The van der Waals surface area contributed by atoms with Gasteiger partial charge in [0.2, 0.25) is 0 Å². The molecule has 0 spiro atoms. The molecule has 0 unspecified atom stereocenters. The Morgan fingerprint density at radius 3 is 2.33 bits per heavy atom. The van der Waals surface area contributed by atoms with Gasteiger partial charge in [-0.25, -0.2) is 0 Å². The second kappa shape index (κ2) is 3.99. The lowest BCUT2D eigenvalue weighted by atomic mass is 10.1. The molecule has 3 rings (SSSR count). The molecule has 0 saturated heterocycles. The quantitative estimate of drug-likeness (QED) is 0.607. The maximum atomic E-state index is 2.32. The molecule has 1 heterocycles. The van der Waals surface area contributed by atoms with Gasteiger partial charge in [-0.15, -0.1) is 11.3 Å². The number of hydrogen-bond donors (Lipinski definition) is 0. The molecular formula is C16H17NS. The summed E-state index contributed by atoms with van der Waals surface area (Å²) in [5.74, 6) is 0. The standard InChI is InChI=1S/C16H17NS/c1-10-5-6-12-13-9-14(17(3)4)11(2)8-16(13)18-15(12)7-10/h5-9H,1-4H3. The van der Waals surface area contributed by atoms with E-state index < -0.39 is 0 Å². The van der Waals surface area contributed by atoms with Gasteiger partial charge in [0, 0.05) is 40.0 Å². The Morgan fingerprint density at radius 2 is 1.61 bits per heavy atom. The van der Waals surface area contributed by atoms with Gasteiger partial charge in [0.25, 0.3) is 0 Å². The minimum absolute atomic E-state index is 1.31. The van der Waals surface area contributed by atoms with Crippen molar-refractivity contribution in [2.45, 2.75) is 13.8 Å². The lowest BCUT2D eigenvalue weighted by molar-refractivity contribution is 1.12. The Hall–Kier alpha value is -1.54. The van der Waals surface area contributed by atoms with Crippen LogP contribution in [0.1, 0.15) is 11.1 Å². The molecule has 0 saturated carbocycles. The van der Waals surface area contributed by atoms with Crippen molar-refractivity contribution in [3.8, 4) is 0 Å². The van der Waals surface area contributed by atoms with E-state index in [1.54, 1.807) is 0 Å². The lowest BCUT2D eigenvalue weighted by Gasteiger charge is -2.15. The van der Waals surface area contributed by atoms with Crippen molar-refractivity contribution in [2.75, 3.05) is 19.0 Å². The van der Waals surface area contributed by atoms with E-state index in [0.717, 1.165) is 0 Å². The summed E-state index contributed by atoms with van der Waals surface area (Å²) < 4.78 is 2.78. The highest BCUT2D eigenvalue weighted by atomic mass is 32.1. The molecule has 0 aliphatic carbocycles. The lowest BCUT2D eigenvalue weighted by Crippen LogP contribution is -2.09. The molecule has 2 aromatic carbocycles. The predicted molar refractivity (Wildman–Crippen MR) is 83.1 cm³/mol. The summed E-state index contributed by atoms with van der Waals surface area (Å²) in [7, 11) is 4.21. The average molecular weight is 255 g/mol. The second-order valence-electron chi connectivity index (χ2n) is 5.13. The van der Waals surface area contributed by atoms with Gasteiger partial charge >= 0.3 is 0 Å². The van der Waals surface area contributed by atoms with Crippen molar-refractivity contribution < 1.29 is 0 Å². The molecule has 2 heteroatoms. The SMILES string of the molecule is Cc1ccc2c(c1)sc1cc(C)c(N(C)C)cc12. The zero-order chi connectivity index (χ0) is 12.9. The summed E-state index contributed by atoms with van der Waals surface area (Å²) in [4.78, 5) is 2.19. The summed E-state index contributed by atoms with van der Waals surface area (Å²) in [6.07, 6.45) is 0. The van der Waals surface area contributed by atoms with Crippen LogP contribution in [-0.4, -0.2) is 14.1 Å². The second-order valence-corrected chi connectivity index (χ2v) is 6.21. The maximum Gasteiger partial charge on any atom is 0.0397 e. The summed E-state index contributed by atoms with van der Waals surface area (Å²) in [5.41, 5.74) is 3.98. The van der Waals surface area contributed by atoms with Crippen LogP contribution in [0.15, 0.2) is 30.3 Å². The summed E-state index contributed by atoms with van der Waals surface area (Å²) in [6.45, 7) is 4.34. The first-order valence-corrected chi connectivity index (χ1v) is 6.99. The van der Waals surface area contributed by atoms with E-state index in [-0.39, 0.29) is 0 Å². The van der Waals surface area contributed by atoms with Crippen LogP contribution >= 0.6 is 11.3 Å². The van der Waals surface area contributed by atoms with Crippen molar-refractivity contribution in [1.29, 1.82) is 0 Å². The minimum Gasteiger partial charge on any atom is -0.377 e. The van der Waals surface area contributed by atoms with Gasteiger partial charge in [-0.2, -0.15) is 0 Å². The van der Waals surface area contributed by atoms with E-state index in [9.17, 15) is 0 Å². The molecule has 0 fully saturated rings. The number of benzene rings is 2. The van der Waals surface area contributed by atoms with Crippen molar-refractivity contribution in [3.63, 3.8) is 0 Å². The molecule has 0 radical (unpaired) electrons. The Labute approximate surface area is 112 Å². The Balaban J connectivity index is 2.41. The molecule has 0 amide bonds.